The Morgan fingerprint density at radius 2 is 2.05 bits per heavy atom. The molecule has 0 atom stereocenters. The Balaban J connectivity index is 2.24. The summed E-state index contributed by atoms with van der Waals surface area (Å²) in [5.74, 6) is 0. The number of halogens is 1. The van der Waals surface area contributed by atoms with Gasteiger partial charge in [-0.3, -0.25) is 4.72 Å². The van der Waals surface area contributed by atoms with E-state index in [-0.39, 0.29) is 4.90 Å². The van der Waals surface area contributed by atoms with Gasteiger partial charge in [-0.25, -0.2) is 13.4 Å². The third kappa shape index (κ3) is 4.04. The van der Waals surface area contributed by atoms with Crippen molar-refractivity contribution in [2.45, 2.75) is 32.2 Å². The van der Waals surface area contributed by atoms with Gasteiger partial charge in [0.1, 0.15) is 4.90 Å². The molecule has 2 heterocycles. The molecule has 2 aromatic heterocycles. The molecule has 2 rings (SSSR count). The van der Waals surface area contributed by atoms with Crippen molar-refractivity contribution in [2.75, 3.05) is 11.3 Å². The summed E-state index contributed by atoms with van der Waals surface area (Å²) >= 11 is 6.09. The van der Waals surface area contributed by atoms with Crippen LogP contribution in [0.15, 0.2) is 14.7 Å². The van der Waals surface area contributed by atoms with E-state index in [2.05, 4.69) is 31.0 Å². The van der Waals surface area contributed by atoms with Crippen molar-refractivity contribution in [1.82, 2.24) is 10.3 Å². The Bertz CT molecular complexity index is 718. The quantitative estimate of drug-likeness (QED) is 0.765. The lowest BCUT2D eigenvalue weighted by Gasteiger charge is -2.03. The topological polar surface area (TPSA) is 71.1 Å². The van der Waals surface area contributed by atoms with E-state index < -0.39 is 10.0 Å². The van der Waals surface area contributed by atoms with Gasteiger partial charge in [-0.1, -0.05) is 6.92 Å². The van der Waals surface area contributed by atoms with Gasteiger partial charge in [0.15, 0.2) is 5.13 Å². The predicted octanol–water partition coefficient (Wildman–Crippen LogP) is 3.49. The Kier molecular flexibility index (Phi) is 5.42. The Morgan fingerprint density at radius 1 is 1.33 bits per heavy atom. The molecule has 0 aliphatic rings. The van der Waals surface area contributed by atoms with E-state index in [1.54, 1.807) is 6.07 Å². The van der Waals surface area contributed by atoms with E-state index in [4.69, 9.17) is 0 Å². The van der Waals surface area contributed by atoms with Crippen molar-refractivity contribution in [3.05, 3.63) is 25.3 Å². The first-order chi connectivity index (χ1) is 9.83. The van der Waals surface area contributed by atoms with Crippen LogP contribution in [0.5, 0.6) is 0 Å². The number of thiophene rings is 1. The third-order valence-corrected chi connectivity index (χ3v) is 7.50. The van der Waals surface area contributed by atoms with Crippen molar-refractivity contribution in [3.63, 3.8) is 0 Å². The highest BCUT2D eigenvalue weighted by Crippen LogP contribution is 2.33. The normalized spacial score (nSPS) is 11.8. The highest BCUT2D eigenvalue weighted by Gasteiger charge is 2.22. The fourth-order valence-electron chi connectivity index (χ4n) is 1.60. The number of hydrogen-bond donors (Lipinski definition) is 2. The van der Waals surface area contributed by atoms with E-state index in [0.717, 1.165) is 22.0 Å². The van der Waals surface area contributed by atoms with Crippen molar-refractivity contribution in [3.8, 4) is 0 Å². The molecule has 2 aromatic rings. The first-order valence-corrected chi connectivity index (χ1v) is 10.2. The lowest BCUT2D eigenvalue weighted by atomic mass is 10.4. The van der Waals surface area contributed by atoms with Gasteiger partial charge in [0.25, 0.3) is 10.0 Å². The van der Waals surface area contributed by atoms with Crippen molar-refractivity contribution < 1.29 is 8.42 Å². The Morgan fingerprint density at radius 3 is 2.62 bits per heavy atom. The number of rotatable bonds is 6. The monoisotopic (exact) mass is 409 g/mol. The second-order valence-electron chi connectivity index (χ2n) is 4.40. The Hall–Kier alpha value is -0.480. The molecule has 0 saturated carbocycles. The molecule has 9 heteroatoms. The van der Waals surface area contributed by atoms with Crippen LogP contribution >= 0.6 is 38.6 Å². The molecular weight excluding hydrogens is 394 g/mol. The second kappa shape index (κ2) is 6.74. The molecule has 0 unspecified atom stereocenters. The van der Waals surface area contributed by atoms with Gasteiger partial charge in [-0.15, -0.1) is 22.7 Å². The molecular formula is C12H16BrN3O2S3. The summed E-state index contributed by atoms with van der Waals surface area (Å²) in [6.07, 6.45) is 0. The zero-order valence-electron chi connectivity index (χ0n) is 11.9. The van der Waals surface area contributed by atoms with E-state index >= 15 is 0 Å². The second-order valence-corrected chi connectivity index (χ2v) is 9.71. The summed E-state index contributed by atoms with van der Waals surface area (Å²) < 4.78 is 28.0. The van der Waals surface area contributed by atoms with Gasteiger partial charge in [-0.05, 0) is 42.4 Å². The molecule has 0 fully saturated rings. The number of nitrogens with one attached hydrogen (secondary N) is 2. The molecule has 116 valence electrons. The molecule has 2 N–H and O–H groups in total. The Labute approximate surface area is 141 Å². The van der Waals surface area contributed by atoms with Gasteiger partial charge in [0, 0.05) is 16.3 Å². The first kappa shape index (κ1) is 16.9. The number of anilines is 1. The first-order valence-electron chi connectivity index (χ1n) is 6.29. The summed E-state index contributed by atoms with van der Waals surface area (Å²) in [6, 6.07) is 1.69. The number of nitrogens with zero attached hydrogens (tertiary/aromatic N) is 1. The molecule has 0 amide bonds. The fraction of sp³-hybridized carbons (Fsp3) is 0.417. The minimum Gasteiger partial charge on any atom is -0.312 e. The van der Waals surface area contributed by atoms with Gasteiger partial charge in [0.05, 0.1) is 9.48 Å². The average molecular weight is 410 g/mol. The minimum absolute atomic E-state index is 0.255. The molecule has 0 aromatic carbocycles. The van der Waals surface area contributed by atoms with Gasteiger partial charge >= 0.3 is 0 Å². The summed E-state index contributed by atoms with van der Waals surface area (Å²) in [5, 5.41) is 3.58. The molecule has 0 radical (unpaired) electrons. The van der Waals surface area contributed by atoms with Crippen LogP contribution < -0.4 is 10.0 Å². The zero-order chi connectivity index (χ0) is 15.6. The van der Waals surface area contributed by atoms with Gasteiger partial charge in [0.2, 0.25) is 0 Å². The van der Waals surface area contributed by atoms with Gasteiger partial charge < -0.3 is 5.32 Å². The number of sulfonamides is 1. The minimum atomic E-state index is -3.62. The van der Waals surface area contributed by atoms with Crippen LogP contribution in [0.4, 0.5) is 5.13 Å². The lowest BCUT2D eigenvalue weighted by molar-refractivity contribution is 0.601. The highest BCUT2D eigenvalue weighted by molar-refractivity contribution is 9.11. The number of aromatic nitrogens is 1. The van der Waals surface area contributed by atoms with Gasteiger partial charge in [-0.2, -0.15) is 0 Å². The molecule has 21 heavy (non-hydrogen) atoms. The van der Waals surface area contributed by atoms with E-state index in [1.165, 1.54) is 22.7 Å². The zero-order valence-corrected chi connectivity index (χ0v) is 15.9. The predicted molar refractivity (Wildman–Crippen MR) is 91.8 cm³/mol. The molecule has 0 aliphatic carbocycles. The summed E-state index contributed by atoms with van der Waals surface area (Å²) in [6.45, 7) is 7.28. The van der Waals surface area contributed by atoms with Crippen LogP contribution in [0.25, 0.3) is 0 Å². The lowest BCUT2D eigenvalue weighted by Crippen LogP contribution is -2.13. The van der Waals surface area contributed by atoms with E-state index in [1.807, 2.05) is 20.8 Å². The standard InChI is InChI=1S/C12H16BrN3O2S3/c1-4-14-6-9-5-10(11(13)20-9)21(17,18)16-12-15-7(2)8(3)19-12/h5,14H,4,6H2,1-3H3,(H,15,16). The summed E-state index contributed by atoms with van der Waals surface area (Å²) in [4.78, 5) is 6.44. The molecule has 0 spiro atoms. The molecule has 0 bridgehead atoms. The largest absolute Gasteiger partial charge is 0.312 e. The van der Waals surface area contributed by atoms with Crippen molar-refractivity contribution >= 4 is 53.8 Å². The van der Waals surface area contributed by atoms with Crippen molar-refractivity contribution in [1.29, 1.82) is 0 Å². The average Bonchev–Trinajstić information content (AvgIpc) is 2.90. The van der Waals surface area contributed by atoms with E-state index in [0.29, 0.717) is 15.5 Å². The SMILES string of the molecule is CCNCc1cc(S(=O)(=O)Nc2nc(C)c(C)s2)c(Br)s1. The maximum Gasteiger partial charge on any atom is 0.265 e. The molecule has 0 saturated heterocycles. The van der Waals surface area contributed by atoms with Crippen LogP contribution in [0.3, 0.4) is 0 Å². The highest BCUT2D eigenvalue weighted by atomic mass is 79.9. The number of aryl methyl sites for hydroxylation is 2. The smallest absolute Gasteiger partial charge is 0.265 e. The van der Waals surface area contributed by atoms with Crippen LogP contribution in [0.2, 0.25) is 0 Å². The van der Waals surface area contributed by atoms with Crippen LogP contribution in [0, 0.1) is 13.8 Å². The summed E-state index contributed by atoms with van der Waals surface area (Å²) in [7, 11) is -3.62. The summed E-state index contributed by atoms with van der Waals surface area (Å²) in [5.41, 5.74) is 0.843. The van der Waals surface area contributed by atoms with Crippen LogP contribution in [-0.2, 0) is 16.6 Å². The molecule has 5 nitrogen and oxygen atoms in total. The fourth-order valence-corrected chi connectivity index (χ4v) is 6.31. The van der Waals surface area contributed by atoms with Crippen LogP contribution in [0.1, 0.15) is 22.4 Å². The number of hydrogen-bond acceptors (Lipinski definition) is 6. The van der Waals surface area contributed by atoms with E-state index in [9.17, 15) is 8.42 Å². The maximum absolute atomic E-state index is 12.4. The molecule has 0 aliphatic heterocycles. The maximum atomic E-state index is 12.4. The van der Waals surface area contributed by atoms with Crippen LogP contribution in [-0.4, -0.2) is 19.9 Å². The van der Waals surface area contributed by atoms with Crippen molar-refractivity contribution in [2.24, 2.45) is 0 Å². The third-order valence-electron chi connectivity index (χ3n) is 2.80. The number of thiazole rings is 1.